The van der Waals surface area contributed by atoms with Gasteiger partial charge in [-0.25, -0.2) is 0 Å². The first kappa shape index (κ1) is 21.6. The third-order valence-corrected chi connectivity index (χ3v) is 6.67. The molecule has 0 spiro atoms. The average Bonchev–Trinajstić information content (AvgIpc) is 2.66. The van der Waals surface area contributed by atoms with Gasteiger partial charge in [0.1, 0.15) is 6.61 Å². The van der Waals surface area contributed by atoms with Crippen LogP contribution in [-0.2, 0) is 29.8 Å². The van der Waals surface area contributed by atoms with E-state index < -0.39 is 19.2 Å². The topological polar surface area (TPSA) is 61.8 Å². The van der Waals surface area contributed by atoms with Gasteiger partial charge in [0.2, 0.25) is 0 Å². The third kappa shape index (κ3) is 6.18. The van der Waals surface area contributed by atoms with Gasteiger partial charge in [-0.15, -0.1) is 0 Å². The number of halogens is 1. The molecule has 0 radical (unpaired) electrons. The summed E-state index contributed by atoms with van der Waals surface area (Å²) in [6.07, 6.45) is -0.159. The predicted molar refractivity (Wildman–Crippen MR) is 106 cm³/mol. The highest BCUT2D eigenvalue weighted by molar-refractivity contribution is 7.54. The van der Waals surface area contributed by atoms with Crippen LogP contribution in [0.25, 0.3) is 0 Å². The van der Waals surface area contributed by atoms with Crippen molar-refractivity contribution in [1.82, 2.24) is 0 Å². The van der Waals surface area contributed by atoms with Crippen molar-refractivity contribution in [1.29, 1.82) is 0 Å². The van der Waals surface area contributed by atoms with Crippen LogP contribution in [-0.4, -0.2) is 19.2 Å². The van der Waals surface area contributed by atoms with E-state index in [2.05, 4.69) is 0 Å². The molecule has 0 unspecified atom stereocenters. The molecule has 1 atom stereocenters. The maximum Gasteiger partial charge on any atom is 0.338 e. The summed E-state index contributed by atoms with van der Waals surface area (Å²) < 4.78 is 29.7. The summed E-state index contributed by atoms with van der Waals surface area (Å²) in [7, 11) is -3.61. The van der Waals surface area contributed by atoms with Crippen LogP contribution in [0.15, 0.2) is 54.6 Å². The second kappa shape index (κ2) is 10.6. The van der Waals surface area contributed by atoms with Crippen LogP contribution in [0.5, 0.6) is 0 Å². The molecule has 2 rings (SSSR count). The summed E-state index contributed by atoms with van der Waals surface area (Å²) in [5.74, 6) is -0.497. The normalized spacial score (nSPS) is 12.6. The molecule has 0 saturated heterocycles. The molecular formula is C20H24ClO5P. The smallest absolute Gasteiger partial charge is 0.338 e. The van der Waals surface area contributed by atoms with Crippen molar-refractivity contribution >= 4 is 25.2 Å². The Morgan fingerprint density at radius 1 is 1.00 bits per heavy atom. The lowest BCUT2D eigenvalue weighted by molar-refractivity contribution is -0.145. The molecule has 27 heavy (non-hydrogen) atoms. The second-order valence-electron chi connectivity index (χ2n) is 5.76. The summed E-state index contributed by atoms with van der Waals surface area (Å²) in [5, 5.41) is 0.401. The standard InChI is InChI=1S/C20H24ClO5P/c1-3-25-27(23,26-4-2)19(17-12-8-9-13-18(17)21)14-20(22)24-15-16-10-6-5-7-11-16/h5-13,19H,3-4,14-15H2,1-2H3/t19-/m0/s1. The molecule has 0 N–H and O–H groups in total. The number of ether oxygens (including phenoxy) is 1. The maximum atomic E-state index is 13.4. The molecule has 0 bridgehead atoms. The van der Waals surface area contributed by atoms with Crippen molar-refractivity contribution in [3.63, 3.8) is 0 Å². The van der Waals surface area contributed by atoms with Crippen molar-refractivity contribution < 1.29 is 23.1 Å². The van der Waals surface area contributed by atoms with Gasteiger partial charge in [-0.2, -0.15) is 0 Å². The van der Waals surface area contributed by atoms with Crippen molar-refractivity contribution in [2.24, 2.45) is 0 Å². The zero-order valence-electron chi connectivity index (χ0n) is 15.5. The largest absolute Gasteiger partial charge is 0.461 e. The van der Waals surface area contributed by atoms with Gasteiger partial charge >= 0.3 is 13.6 Å². The van der Waals surface area contributed by atoms with Gasteiger partial charge in [0.05, 0.1) is 25.3 Å². The summed E-state index contributed by atoms with van der Waals surface area (Å²) in [4.78, 5) is 12.5. The number of hydrogen-bond acceptors (Lipinski definition) is 5. The van der Waals surface area contributed by atoms with E-state index in [4.69, 9.17) is 25.4 Å². The summed E-state index contributed by atoms with van der Waals surface area (Å²) >= 11 is 6.30. The Labute approximate surface area is 165 Å². The van der Waals surface area contributed by atoms with E-state index in [-0.39, 0.29) is 26.2 Å². The highest BCUT2D eigenvalue weighted by Gasteiger charge is 2.39. The van der Waals surface area contributed by atoms with E-state index >= 15 is 0 Å². The summed E-state index contributed by atoms with van der Waals surface area (Å²) in [6.45, 7) is 3.98. The van der Waals surface area contributed by atoms with Crippen molar-refractivity contribution in [3.05, 3.63) is 70.7 Å². The minimum absolute atomic E-state index is 0.141. The molecule has 2 aromatic carbocycles. The Bertz CT molecular complexity index is 771. The second-order valence-corrected chi connectivity index (χ2v) is 8.39. The van der Waals surface area contributed by atoms with Gasteiger partial charge in [-0.1, -0.05) is 60.1 Å². The minimum Gasteiger partial charge on any atom is -0.461 e. The van der Waals surface area contributed by atoms with Gasteiger partial charge < -0.3 is 13.8 Å². The highest BCUT2D eigenvalue weighted by Crippen LogP contribution is 2.63. The first-order valence-electron chi connectivity index (χ1n) is 8.83. The monoisotopic (exact) mass is 410 g/mol. The minimum atomic E-state index is -3.61. The Morgan fingerprint density at radius 3 is 2.19 bits per heavy atom. The number of benzene rings is 2. The van der Waals surface area contributed by atoms with E-state index in [1.54, 1.807) is 38.1 Å². The Kier molecular flexibility index (Phi) is 8.52. The molecule has 0 aliphatic rings. The zero-order chi connectivity index (χ0) is 19.7. The van der Waals surface area contributed by atoms with E-state index in [1.807, 2.05) is 30.3 Å². The fraction of sp³-hybridized carbons (Fsp3) is 0.350. The van der Waals surface area contributed by atoms with Gasteiger partial charge in [-0.3, -0.25) is 9.36 Å². The van der Waals surface area contributed by atoms with Gasteiger partial charge in [0, 0.05) is 5.02 Å². The molecule has 7 heteroatoms. The fourth-order valence-corrected chi connectivity index (χ4v) is 5.11. The molecule has 0 amide bonds. The molecule has 146 valence electrons. The van der Waals surface area contributed by atoms with Crippen LogP contribution in [0.4, 0.5) is 0 Å². The average molecular weight is 411 g/mol. The quantitative estimate of drug-likeness (QED) is 0.367. The van der Waals surface area contributed by atoms with Gasteiger partial charge in [0.15, 0.2) is 0 Å². The number of carbonyl (C=O) groups is 1. The van der Waals surface area contributed by atoms with Crippen LogP contribution in [0.2, 0.25) is 5.02 Å². The van der Waals surface area contributed by atoms with E-state index in [0.29, 0.717) is 10.6 Å². The highest BCUT2D eigenvalue weighted by atomic mass is 35.5. The first-order valence-corrected chi connectivity index (χ1v) is 10.8. The van der Waals surface area contributed by atoms with Gasteiger partial charge in [0.25, 0.3) is 0 Å². The van der Waals surface area contributed by atoms with Crippen molar-refractivity contribution in [2.45, 2.75) is 32.5 Å². The number of rotatable bonds is 10. The lowest BCUT2D eigenvalue weighted by atomic mass is 10.1. The Balaban J connectivity index is 2.22. The number of carbonyl (C=O) groups excluding carboxylic acids is 1. The van der Waals surface area contributed by atoms with E-state index in [1.165, 1.54) is 0 Å². The van der Waals surface area contributed by atoms with E-state index in [9.17, 15) is 9.36 Å². The molecule has 5 nitrogen and oxygen atoms in total. The van der Waals surface area contributed by atoms with Crippen LogP contribution in [0.3, 0.4) is 0 Å². The predicted octanol–water partition coefficient (Wildman–Crippen LogP) is 5.78. The van der Waals surface area contributed by atoms with Crippen LogP contribution in [0, 0.1) is 0 Å². The summed E-state index contributed by atoms with van der Waals surface area (Å²) in [6, 6.07) is 16.3. The zero-order valence-corrected chi connectivity index (χ0v) is 17.1. The van der Waals surface area contributed by atoms with Crippen LogP contribution >= 0.6 is 19.2 Å². The molecule has 0 aromatic heterocycles. The lowest BCUT2D eigenvalue weighted by Crippen LogP contribution is -2.14. The van der Waals surface area contributed by atoms with E-state index in [0.717, 1.165) is 5.56 Å². The molecule has 0 heterocycles. The fourth-order valence-electron chi connectivity index (χ4n) is 2.67. The summed E-state index contributed by atoms with van der Waals surface area (Å²) in [5.41, 5.74) is 0.577. The lowest BCUT2D eigenvalue weighted by Gasteiger charge is -2.26. The first-order chi connectivity index (χ1) is 13.0. The molecule has 2 aromatic rings. The Morgan fingerprint density at radius 2 is 1.59 bits per heavy atom. The van der Waals surface area contributed by atoms with Gasteiger partial charge in [-0.05, 0) is 31.0 Å². The number of esters is 1. The third-order valence-electron chi connectivity index (χ3n) is 3.87. The molecule has 0 fully saturated rings. The van der Waals surface area contributed by atoms with Crippen LogP contribution in [0.1, 0.15) is 37.1 Å². The SMILES string of the molecule is CCOP(=O)(OCC)[C@@H](CC(=O)OCc1ccccc1)c1ccccc1Cl. The van der Waals surface area contributed by atoms with Crippen molar-refractivity contribution in [2.75, 3.05) is 13.2 Å². The number of hydrogen-bond donors (Lipinski definition) is 0. The van der Waals surface area contributed by atoms with Crippen LogP contribution < -0.4 is 0 Å². The molecule has 0 saturated carbocycles. The molecule has 0 aliphatic heterocycles. The molecular weight excluding hydrogens is 387 g/mol. The maximum absolute atomic E-state index is 13.4. The Hall–Kier alpha value is -1.65. The van der Waals surface area contributed by atoms with Crippen molar-refractivity contribution in [3.8, 4) is 0 Å². The molecule has 0 aliphatic carbocycles.